The molecule has 1 aromatic carbocycles. The molecule has 0 saturated carbocycles. The van der Waals surface area contributed by atoms with Crippen molar-refractivity contribution in [2.45, 2.75) is 34.1 Å². The van der Waals surface area contributed by atoms with Crippen LogP contribution in [0.15, 0.2) is 26.7 Å². The second-order valence-electron chi connectivity index (χ2n) is 6.80. The minimum absolute atomic E-state index is 0.121. The molecule has 1 heterocycles. The number of hydrogen-bond donors (Lipinski definition) is 0. The van der Waals surface area contributed by atoms with Gasteiger partial charge in [-0.1, -0.05) is 15.9 Å². The molecule has 10 heteroatoms. The fourth-order valence-electron chi connectivity index (χ4n) is 3.12. The summed E-state index contributed by atoms with van der Waals surface area (Å²) in [6.07, 6.45) is 1.19. The van der Waals surface area contributed by atoms with Crippen LogP contribution in [0.2, 0.25) is 0 Å². The molecule has 0 aliphatic carbocycles. The number of nitriles is 1. The van der Waals surface area contributed by atoms with Crippen LogP contribution in [-0.4, -0.2) is 37.5 Å². The van der Waals surface area contributed by atoms with Gasteiger partial charge in [-0.3, -0.25) is 4.79 Å². The molecule has 0 saturated heterocycles. The number of rotatable bonds is 10. The molecule has 2 rings (SSSR count). The van der Waals surface area contributed by atoms with Crippen LogP contribution in [0.5, 0.6) is 5.75 Å². The van der Waals surface area contributed by atoms with Gasteiger partial charge in [-0.25, -0.2) is 9.59 Å². The van der Waals surface area contributed by atoms with Gasteiger partial charge in [0.05, 0.1) is 35.4 Å². The van der Waals surface area contributed by atoms with Crippen molar-refractivity contribution in [1.29, 1.82) is 5.26 Å². The monoisotopic (exact) mass is 611 g/mol. The Kier molecular flexibility index (Phi) is 10.5. The van der Waals surface area contributed by atoms with Gasteiger partial charge in [-0.15, -0.1) is 11.3 Å². The number of ether oxygens (including phenoxy) is 3. The topological polar surface area (TPSA) is 103 Å². The van der Waals surface area contributed by atoms with Crippen molar-refractivity contribution in [3.63, 3.8) is 0 Å². The van der Waals surface area contributed by atoms with Crippen LogP contribution in [-0.2, 0) is 20.7 Å². The fourth-order valence-corrected chi connectivity index (χ4v) is 5.67. The van der Waals surface area contributed by atoms with Crippen molar-refractivity contribution in [3.05, 3.63) is 53.1 Å². The summed E-state index contributed by atoms with van der Waals surface area (Å²) >= 11 is 7.83. The number of thiophene rings is 1. The number of esters is 2. The van der Waals surface area contributed by atoms with Crippen molar-refractivity contribution in [1.82, 2.24) is 0 Å². The van der Waals surface area contributed by atoms with Crippen LogP contribution in [0.25, 0.3) is 6.08 Å². The number of nitrogens with zero attached hydrogens (tertiary/aromatic N) is 1. The highest BCUT2D eigenvalue weighted by Crippen LogP contribution is 2.35. The first-order valence-corrected chi connectivity index (χ1v) is 12.8. The summed E-state index contributed by atoms with van der Waals surface area (Å²) in [6.45, 7) is 7.48. The van der Waals surface area contributed by atoms with E-state index in [1.165, 1.54) is 6.08 Å². The lowest BCUT2D eigenvalue weighted by Gasteiger charge is -2.11. The summed E-state index contributed by atoms with van der Waals surface area (Å²) in [7, 11) is 0. The van der Waals surface area contributed by atoms with Crippen LogP contribution in [0, 0.1) is 18.3 Å². The molecule has 0 aliphatic rings. The van der Waals surface area contributed by atoms with Gasteiger partial charge in [0.15, 0.2) is 5.78 Å². The summed E-state index contributed by atoms with van der Waals surface area (Å²) in [5.41, 5.74) is 0.958. The van der Waals surface area contributed by atoms with E-state index in [2.05, 4.69) is 31.9 Å². The third-order valence-corrected chi connectivity index (χ3v) is 6.85. The molecule has 0 spiro atoms. The number of carbonyl (C=O) groups excluding carboxylic acids is 3. The number of ketones is 1. The second kappa shape index (κ2) is 12.8. The Balaban J connectivity index is 2.51. The zero-order valence-corrected chi connectivity index (χ0v) is 23.1. The number of halogens is 2. The quantitative estimate of drug-likeness (QED) is 0.183. The van der Waals surface area contributed by atoms with Gasteiger partial charge in [0.25, 0.3) is 0 Å². The Hall–Kier alpha value is -2.48. The summed E-state index contributed by atoms with van der Waals surface area (Å²) in [6, 6.07) is 5.47. The number of hydrogen-bond acceptors (Lipinski definition) is 8. The smallest absolute Gasteiger partial charge is 0.348 e. The van der Waals surface area contributed by atoms with Crippen molar-refractivity contribution >= 4 is 67.0 Å². The Morgan fingerprint density at radius 3 is 2.29 bits per heavy atom. The molecule has 0 atom stereocenters. The highest BCUT2D eigenvalue weighted by molar-refractivity contribution is 9.11. The molecular formula is C24H23Br2NO6S. The molecule has 0 unspecified atom stereocenters. The number of benzene rings is 1. The molecule has 180 valence electrons. The lowest BCUT2D eigenvalue weighted by molar-refractivity contribution is -0.114. The standard InChI is InChI=1S/C24H23Br2NO6S/c1-5-31-21-14(9-16(25)10-17(21)26)8-15(12-27)18(28)11-19-20(23(29)32-6-2)13(4)22(34-19)24(30)33-7-3/h8-10H,5-7,11H2,1-4H3/b15-8+. The van der Waals surface area contributed by atoms with E-state index in [4.69, 9.17) is 14.2 Å². The van der Waals surface area contributed by atoms with Gasteiger partial charge in [-0.05, 0) is 67.4 Å². The summed E-state index contributed by atoms with van der Waals surface area (Å²) < 4.78 is 17.3. The molecule has 0 fully saturated rings. The van der Waals surface area contributed by atoms with Crippen LogP contribution in [0.1, 0.15) is 56.8 Å². The van der Waals surface area contributed by atoms with E-state index < -0.39 is 17.7 Å². The molecule has 0 radical (unpaired) electrons. The van der Waals surface area contributed by atoms with Gasteiger partial charge in [-0.2, -0.15) is 5.26 Å². The van der Waals surface area contributed by atoms with Crippen LogP contribution in [0.4, 0.5) is 0 Å². The largest absolute Gasteiger partial charge is 0.492 e. The fraction of sp³-hybridized carbons (Fsp3) is 0.333. The molecule has 2 aromatic rings. The summed E-state index contributed by atoms with van der Waals surface area (Å²) in [5, 5.41) is 9.71. The van der Waals surface area contributed by atoms with Gasteiger partial charge < -0.3 is 14.2 Å². The average molecular weight is 613 g/mol. The first kappa shape index (κ1) is 27.8. The van der Waals surface area contributed by atoms with E-state index in [1.54, 1.807) is 32.9 Å². The Morgan fingerprint density at radius 2 is 1.71 bits per heavy atom. The number of carbonyl (C=O) groups is 3. The average Bonchev–Trinajstić information content (AvgIpc) is 3.10. The van der Waals surface area contributed by atoms with Gasteiger partial charge in [0.1, 0.15) is 16.7 Å². The number of Topliss-reactive ketones (excluding diaryl/α,β-unsaturated/α-hetero) is 1. The maximum atomic E-state index is 13.1. The first-order valence-electron chi connectivity index (χ1n) is 10.4. The van der Waals surface area contributed by atoms with Crippen LogP contribution < -0.4 is 4.74 Å². The zero-order chi connectivity index (χ0) is 25.4. The minimum atomic E-state index is -0.633. The molecule has 1 aromatic heterocycles. The normalized spacial score (nSPS) is 11.0. The van der Waals surface area contributed by atoms with Crippen molar-refractivity contribution in [2.24, 2.45) is 0 Å². The van der Waals surface area contributed by atoms with Gasteiger partial charge >= 0.3 is 11.9 Å². The van der Waals surface area contributed by atoms with E-state index in [1.807, 2.05) is 13.0 Å². The highest BCUT2D eigenvalue weighted by atomic mass is 79.9. The maximum absolute atomic E-state index is 13.1. The number of allylic oxidation sites excluding steroid dienone is 1. The Bertz CT molecular complexity index is 1180. The van der Waals surface area contributed by atoms with Gasteiger partial charge in [0, 0.05) is 21.3 Å². The van der Waals surface area contributed by atoms with E-state index in [9.17, 15) is 19.6 Å². The molecule has 7 nitrogen and oxygen atoms in total. The van der Waals surface area contributed by atoms with Crippen LogP contribution in [0.3, 0.4) is 0 Å². The summed E-state index contributed by atoms with van der Waals surface area (Å²) in [5.74, 6) is -1.23. The lowest BCUT2D eigenvalue weighted by Crippen LogP contribution is -2.12. The molecule has 0 N–H and O–H groups in total. The third-order valence-electron chi connectivity index (χ3n) is 4.53. The van der Waals surface area contributed by atoms with Crippen molar-refractivity contribution in [3.8, 4) is 11.8 Å². The van der Waals surface area contributed by atoms with E-state index in [-0.39, 0.29) is 35.6 Å². The SMILES string of the molecule is CCOC(=O)c1sc(CC(=O)/C(C#N)=C/c2cc(Br)cc(Br)c2OCC)c(C(=O)OCC)c1C. The lowest BCUT2D eigenvalue weighted by atomic mass is 10.0. The minimum Gasteiger partial charge on any atom is -0.492 e. The predicted molar refractivity (Wildman–Crippen MR) is 136 cm³/mol. The van der Waals surface area contributed by atoms with E-state index >= 15 is 0 Å². The van der Waals surface area contributed by atoms with E-state index in [0.29, 0.717) is 32.8 Å². The van der Waals surface area contributed by atoms with E-state index in [0.717, 1.165) is 15.8 Å². The molecule has 0 aliphatic heterocycles. The molecular weight excluding hydrogens is 590 g/mol. The predicted octanol–water partition coefficient (Wildman–Crippen LogP) is 6.05. The Labute approximate surface area is 219 Å². The highest BCUT2D eigenvalue weighted by Gasteiger charge is 2.28. The molecule has 0 amide bonds. The second-order valence-corrected chi connectivity index (χ2v) is 9.68. The van der Waals surface area contributed by atoms with Gasteiger partial charge in [0.2, 0.25) is 0 Å². The zero-order valence-electron chi connectivity index (χ0n) is 19.1. The Morgan fingerprint density at radius 1 is 1.06 bits per heavy atom. The van der Waals surface area contributed by atoms with Crippen molar-refractivity contribution < 1.29 is 28.6 Å². The van der Waals surface area contributed by atoms with Crippen LogP contribution >= 0.6 is 43.2 Å². The third kappa shape index (κ3) is 6.56. The molecule has 34 heavy (non-hydrogen) atoms. The maximum Gasteiger partial charge on any atom is 0.348 e. The molecule has 0 bridgehead atoms. The van der Waals surface area contributed by atoms with Crippen molar-refractivity contribution in [2.75, 3.05) is 19.8 Å². The summed E-state index contributed by atoms with van der Waals surface area (Å²) in [4.78, 5) is 38.6. The first-order chi connectivity index (χ1) is 16.2.